The van der Waals surface area contributed by atoms with Crippen LogP contribution in [0, 0.1) is 35.0 Å². The van der Waals surface area contributed by atoms with Crippen LogP contribution in [0.15, 0.2) is 11.1 Å². The predicted molar refractivity (Wildman–Crippen MR) is 71.3 cm³/mol. The van der Waals surface area contributed by atoms with Crippen molar-refractivity contribution in [2.24, 2.45) is 23.7 Å². The van der Waals surface area contributed by atoms with E-state index >= 15 is 0 Å². The van der Waals surface area contributed by atoms with Crippen LogP contribution in [0.25, 0.3) is 0 Å². The van der Waals surface area contributed by atoms with Gasteiger partial charge in [0.1, 0.15) is 11.6 Å². The minimum atomic E-state index is -0.656. The van der Waals surface area contributed by atoms with Gasteiger partial charge in [0.2, 0.25) is 0 Å². The van der Waals surface area contributed by atoms with Crippen molar-refractivity contribution in [3.63, 3.8) is 0 Å². The normalized spacial score (nSPS) is 37.9. The third kappa shape index (κ3) is 1.80. The molecule has 4 unspecified atom stereocenters. The van der Waals surface area contributed by atoms with E-state index in [0.29, 0.717) is 17.4 Å². The highest BCUT2D eigenvalue weighted by Crippen LogP contribution is 2.55. The topological polar surface area (TPSA) is 67.2 Å². The summed E-state index contributed by atoms with van der Waals surface area (Å²) in [5.41, 5.74) is 0.443. The lowest BCUT2D eigenvalue weighted by atomic mass is 9.64. The van der Waals surface area contributed by atoms with E-state index in [1.54, 1.807) is 0 Å². The second-order valence-corrected chi connectivity index (χ2v) is 6.17. The molecule has 3 saturated carbocycles. The van der Waals surface area contributed by atoms with Crippen LogP contribution < -0.4 is 0 Å². The lowest BCUT2D eigenvalue weighted by Crippen LogP contribution is -2.33. The van der Waals surface area contributed by atoms with E-state index < -0.39 is 5.97 Å². The van der Waals surface area contributed by atoms with E-state index in [1.165, 1.54) is 20.0 Å². The Morgan fingerprint density at radius 1 is 1.20 bits per heavy atom. The van der Waals surface area contributed by atoms with Gasteiger partial charge in [-0.05, 0) is 30.6 Å². The fraction of sp³-hybridized carbons (Fsp3) is 0.688. The highest BCUT2D eigenvalue weighted by molar-refractivity contribution is 6.09. The van der Waals surface area contributed by atoms with E-state index in [1.807, 2.05) is 6.07 Å². The summed E-state index contributed by atoms with van der Waals surface area (Å²) in [5.74, 6) is 0.520. The summed E-state index contributed by atoms with van der Waals surface area (Å²) in [6, 6.07) is 1.92. The van der Waals surface area contributed by atoms with E-state index in [0.717, 1.165) is 25.7 Å². The Labute approximate surface area is 118 Å². The summed E-state index contributed by atoms with van der Waals surface area (Å²) in [4.78, 5) is 24.5. The van der Waals surface area contributed by atoms with Gasteiger partial charge in [-0.2, -0.15) is 5.26 Å². The molecule has 3 aliphatic rings. The maximum atomic E-state index is 12.7. The molecule has 4 heteroatoms. The molecule has 0 amide bonds. The number of rotatable bonds is 1. The Morgan fingerprint density at radius 3 is 2.45 bits per heavy atom. The van der Waals surface area contributed by atoms with Crippen molar-refractivity contribution in [2.45, 2.75) is 38.5 Å². The molecule has 0 aliphatic heterocycles. The van der Waals surface area contributed by atoms with E-state index in [-0.39, 0.29) is 23.2 Å². The van der Waals surface area contributed by atoms with Crippen LogP contribution in [0.5, 0.6) is 0 Å². The van der Waals surface area contributed by atoms with Gasteiger partial charge in [-0.25, -0.2) is 4.79 Å². The van der Waals surface area contributed by atoms with Crippen molar-refractivity contribution in [2.75, 3.05) is 7.11 Å². The number of carbonyl (C=O) groups excluding carboxylic acids is 2. The Balaban J connectivity index is 2.08. The number of esters is 1. The SMILES string of the molecule is COC(=O)/C(C#N)=C1/C(=O)C2CCCC3CCCC1C32. The van der Waals surface area contributed by atoms with Crippen LogP contribution >= 0.6 is 0 Å². The number of carbonyl (C=O) groups is 2. The average molecular weight is 273 g/mol. The van der Waals surface area contributed by atoms with E-state index in [2.05, 4.69) is 4.74 Å². The van der Waals surface area contributed by atoms with Crippen molar-refractivity contribution in [1.29, 1.82) is 5.26 Å². The molecule has 0 saturated heterocycles. The summed E-state index contributed by atoms with van der Waals surface area (Å²) in [7, 11) is 1.26. The first-order valence-electron chi connectivity index (χ1n) is 7.45. The maximum absolute atomic E-state index is 12.7. The molecule has 4 atom stereocenters. The van der Waals surface area contributed by atoms with Gasteiger partial charge in [0.05, 0.1) is 7.11 Å². The van der Waals surface area contributed by atoms with E-state index in [9.17, 15) is 14.9 Å². The lowest BCUT2D eigenvalue weighted by Gasteiger charge is -2.39. The Morgan fingerprint density at radius 2 is 1.85 bits per heavy atom. The summed E-state index contributed by atoms with van der Waals surface area (Å²) in [5, 5.41) is 9.28. The van der Waals surface area contributed by atoms with Crippen molar-refractivity contribution < 1.29 is 14.3 Å². The number of allylic oxidation sites excluding steroid dienone is 1. The van der Waals surface area contributed by atoms with Gasteiger partial charge in [0, 0.05) is 11.5 Å². The first-order chi connectivity index (χ1) is 9.69. The fourth-order valence-corrected chi connectivity index (χ4v) is 4.70. The van der Waals surface area contributed by atoms with Crippen LogP contribution in [0.4, 0.5) is 0 Å². The van der Waals surface area contributed by atoms with Crippen LogP contribution in [0.3, 0.4) is 0 Å². The van der Waals surface area contributed by atoms with Crippen molar-refractivity contribution >= 4 is 11.8 Å². The molecule has 3 rings (SSSR count). The minimum Gasteiger partial charge on any atom is -0.465 e. The Bertz CT molecular complexity index is 526. The maximum Gasteiger partial charge on any atom is 0.349 e. The summed E-state index contributed by atoms with van der Waals surface area (Å²) in [6.07, 6.45) is 6.42. The standard InChI is InChI=1S/C16H19NO3/c1-20-16(19)12(8-17)14-10-6-2-4-9-5-3-7-11(13(9)10)15(14)18/h9-11,13H,2-7H2,1H3/b14-12+. The number of ketones is 1. The molecular weight excluding hydrogens is 254 g/mol. The second-order valence-electron chi connectivity index (χ2n) is 6.17. The molecule has 4 nitrogen and oxygen atoms in total. The highest BCUT2D eigenvalue weighted by atomic mass is 16.5. The molecule has 0 spiro atoms. The zero-order chi connectivity index (χ0) is 14.3. The van der Waals surface area contributed by atoms with Crippen LogP contribution in [0.1, 0.15) is 38.5 Å². The average Bonchev–Trinajstić information content (AvgIpc) is 2.76. The van der Waals surface area contributed by atoms with Gasteiger partial charge < -0.3 is 4.74 Å². The molecular formula is C16H19NO3. The third-order valence-electron chi connectivity index (χ3n) is 5.40. The number of hydrogen-bond acceptors (Lipinski definition) is 4. The number of ether oxygens (including phenoxy) is 1. The molecule has 0 aromatic heterocycles. The van der Waals surface area contributed by atoms with E-state index in [4.69, 9.17) is 0 Å². The molecule has 3 fully saturated rings. The lowest BCUT2D eigenvalue weighted by molar-refractivity contribution is -0.136. The van der Waals surface area contributed by atoms with Gasteiger partial charge in [0.25, 0.3) is 0 Å². The molecule has 20 heavy (non-hydrogen) atoms. The monoisotopic (exact) mass is 273 g/mol. The molecule has 0 N–H and O–H groups in total. The Kier molecular flexibility index (Phi) is 3.37. The number of nitrogens with zero attached hydrogens (tertiary/aromatic N) is 1. The van der Waals surface area contributed by atoms with Gasteiger partial charge in [0.15, 0.2) is 5.78 Å². The predicted octanol–water partition coefficient (Wildman–Crippen LogP) is 2.39. The molecule has 0 aromatic carbocycles. The molecule has 3 aliphatic carbocycles. The summed E-state index contributed by atoms with van der Waals surface area (Å²) in [6.45, 7) is 0. The zero-order valence-corrected chi connectivity index (χ0v) is 11.7. The quantitative estimate of drug-likeness (QED) is 0.418. The molecule has 0 heterocycles. The highest BCUT2D eigenvalue weighted by Gasteiger charge is 2.53. The van der Waals surface area contributed by atoms with Gasteiger partial charge >= 0.3 is 5.97 Å². The fourth-order valence-electron chi connectivity index (χ4n) is 4.70. The molecule has 0 radical (unpaired) electrons. The van der Waals surface area contributed by atoms with Gasteiger partial charge in [-0.3, -0.25) is 4.79 Å². The second kappa shape index (κ2) is 5.05. The number of hydrogen-bond donors (Lipinski definition) is 0. The summed E-state index contributed by atoms with van der Waals surface area (Å²) < 4.78 is 4.68. The largest absolute Gasteiger partial charge is 0.465 e. The smallest absolute Gasteiger partial charge is 0.349 e. The molecule has 0 aromatic rings. The first kappa shape index (κ1) is 13.4. The third-order valence-corrected chi connectivity index (χ3v) is 5.40. The van der Waals surface area contributed by atoms with Crippen LogP contribution in [0.2, 0.25) is 0 Å². The Hall–Kier alpha value is -1.63. The minimum absolute atomic E-state index is 0.0436. The number of Topliss-reactive ketones (excluding diaryl/α,β-unsaturated/α-hetero) is 1. The molecule has 0 bridgehead atoms. The van der Waals surface area contributed by atoms with Crippen molar-refractivity contribution in [3.8, 4) is 6.07 Å². The van der Waals surface area contributed by atoms with Crippen molar-refractivity contribution in [1.82, 2.24) is 0 Å². The van der Waals surface area contributed by atoms with Crippen LogP contribution in [-0.4, -0.2) is 18.9 Å². The number of methoxy groups -OCH3 is 1. The zero-order valence-electron chi connectivity index (χ0n) is 11.7. The number of nitriles is 1. The first-order valence-corrected chi connectivity index (χ1v) is 7.45. The summed E-state index contributed by atoms with van der Waals surface area (Å²) >= 11 is 0. The molecule has 106 valence electrons. The van der Waals surface area contributed by atoms with Gasteiger partial charge in [-0.1, -0.05) is 25.7 Å². The van der Waals surface area contributed by atoms with Gasteiger partial charge in [-0.15, -0.1) is 0 Å². The van der Waals surface area contributed by atoms with Crippen molar-refractivity contribution in [3.05, 3.63) is 11.1 Å². The van der Waals surface area contributed by atoms with Crippen LogP contribution in [-0.2, 0) is 14.3 Å².